The summed E-state index contributed by atoms with van der Waals surface area (Å²) in [5, 5.41) is 17.3. The van der Waals surface area contributed by atoms with E-state index in [0.29, 0.717) is 5.82 Å². The number of carbonyl (C=O) groups is 2. The number of nitrogens with one attached hydrogen (secondary N) is 1. The van der Waals surface area contributed by atoms with Gasteiger partial charge in [0.25, 0.3) is 11.6 Å². The zero-order chi connectivity index (χ0) is 23.3. The second-order valence-electron chi connectivity index (χ2n) is 6.92. The number of benzene rings is 2. The minimum Gasteiger partial charge on any atom is -0.453 e. The van der Waals surface area contributed by atoms with Gasteiger partial charge in [-0.05, 0) is 19.9 Å². The van der Waals surface area contributed by atoms with Gasteiger partial charge in [-0.1, -0.05) is 46.6 Å². The molecular formula is C21H19ClN4O6. The predicted molar refractivity (Wildman–Crippen MR) is 115 cm³/mol. The molecule has 3 rings (SSSR count). The van der Waals surface area contributed by atoms with Crippen LogP contribution in [0.2, 0.25) is 5.02 Å². The summed E-state index contributed by atoms with van der Waals surface area (Å²) in [5.74, 6) is -0.652. The number of nitrogens with zero attached hydrogens (tertiary/aromatic N) is 3. The van der Waals surface area contributed by atoms with E-state index in [1.807, 2.05) is 31.2 Å². The summed E-state index contributed by atoms with van der Waals surface area (Å²) in [6, 6.07) is 11.2. The molecule has 11 heteroatoms. The second-order valence-corrected chi connectivity index (χ2v) is 7.33. The van der Waals surface area contributed by atoms with Crippen LogP contribution in [0.15, 0.2) is 47.0 Å². The number of hydrogen-bond acceptors (Lipinski definition) is 8. The van der Waals surface area contributed by atoms with Crippen LogP contribution in [0.4, 0.5) is 11.4 Å². The Labute approximate surface area is 187 Å². The monoisotopic (exact) mass is 458 g/mol. The number of carbonyl (C=O) groups excluding carboxylic acids is 2. The number of hydrogen-bond donors (Lipinski definition) is 1. The Hall–Kier alpha value is -3.79. The molecule has 1 heterocycles. The summed E-state index contributed by atoms with van der Waals surface area (Å²) in [7, 11) is 0. The molecule has 1 atom stereocenters. The lowest BCUT2D eigenvalue weighted by molar-refractivity contribution is -0.384. The zero-order valence-corrected chi connectivity index (χ0v) is 18.0. The third-order valence-electron chi connectivity index (χ3n) is 4.42. The number of aryl methyl sites for hydroxylation is 2. The van der Waals surface area contributed by atoms with Gasteiger partial charge in [0.05, 0.1) is 22.1 Å². The quantitative estimate of drug-likeness (QED) is 0.302. The molecule has 1 aromatic heterocycles. The average molecular weight is 459 g/mol. The number of nitro groups is 1. The summed E-state index contributed by atoms with van der Waals surface area (Å²) in [4.78, 5) is 38.9. The standard InChI is InChI=1S/C21H19ClN4O6/c1-12-3-5-14(6-4-12)20-24-18(32-25-20)9-10-19(27)31-13(2)21(28)23-17-11-15(26(29)30)7-8-16(17)22/h3-8,11,13H,9-10H2,1-2H3,(H,23,28). The fraction of sp³-hybridized carbons (Fsp3) is 0.238. The van der Waals surface area contributed by atoms with Gasteiger partial charge < -0.3 is 14.6 Å². The summed E-state index contributed by atoms with van der Waals surface area (Å²) < 4.78 is 10.3. The lowest BCUT2D eigenvalue weighted by Crippen LogP contribution is -2.30. The molecule has 0 bridgehead atoms. The van der Waals surface area contributed by atoms with Gasteiger partial charge in [-0.3, -0.25) is 19.7 Å². The van der Waals surface area contributed by atoms with Gasteiger partial charge in [-0.25, -0.2) is 0 Å². The SMILES string of the molecule is Cc1ccc(-c2noc(CCC(=O)OC(C)C(=O)Nc3cc([N+](=O)[O-])ccc3Cl)n2)cc1. The molecule has 10 nitrogen and oxygen atoms in total. The lowest BCUT2D eigenvalue weighted by atomic mass is 10.1. The molecule has 32 heavy (non-hydrogen) atoms. The number of amides is 1. The Kier molecular flexibility index (Phi) is 7.16. The molecule has 0 saturated carbocycles. The molecule has 2 aromatic carbocycles. The average Bonchev–Trinajstić information content (AvgIpc) is 3.23. The van der Waals surface area contributed by atoms with Gasteiger partial charge in [0.2, 0.25) is 11.7 Å². The number of anilines is 1. The van der Waals surface area contributed by atoms with Crippen LogP contribution in [0.25, 0.3) is 11.4 Å². The van der Waals surface area contributed by atoms with E-state index in [1.165, 1.54) is 19.1 Å². The molecule has 1 N–H and O–H groups in total. The number of nitro benzene ring substituents is 1. The van der Waals surface area contributed by atoms with Crippen molar-refractivity contribution >= 4 is 34.9 Å². The van der Waals surface area contributed by atoms with Gasteiger partial charge in [0, 0.05) is 24.1 Å². The number of rotatable bonds is 8. The molecule has 1 unspecified atom stereocenters. The van der Waals surface area contributed by atoms with Crippen molar-refractivity contribution in [1.82, 2.24) is 10.1 Å². The molecule has 0 aliphatic heterocycles. The maximum atomic E-state index is 12.3. The normalized spacial score (nSPS) is 11.6. The van der Waals surface area contributed by atoms with E-state index in [2.05, 4.69) is 15.5 Å². The van der Waals surface area contributed by atoms with Gasteiger partial charge in [0.1, 0.15) is 0 Å². The number of esters is 1. The molecule has 0 radical (unpaired) electrons. The second kappa shape index (κ2) is 10.0. The fourth-order valence-electron chi connectivity index (χ4n) is 2.65. The van der Waals surface area contributed by atoms with Gasteiger partial charge >= 0.3 is 5.97 Å². The van der Waals surface area contributed by atoms with Gasteiger partial charge in [-0.2, -0.15) is 4.98 Å². The first-order valence-electron chi connectivity index (χ1n) is 9.57. The fourth-order valence-corrected chi connectivity index (χ4v) is 2.82. The van der Waals surface area contributed by atoms with Gasteiger partial charge in [0.15, 0.2) is 6.10 Å². The van der Waals surface area contributed by atoms with Crippen LogP contribution in [0.3, 0.4) is 0 Å². The first-order chi connectivity index (χ1) is 15.2. The molecule has 3 aromatic rings. The molecule has 0 saturated heterocycles. The van der Waals surface area contributed by atoms with Crippen molar-refractivity contribution in [2.75, 3.05) is 5.32 Å². The molecule has 0 aliphatic carbocycles. The van der Waals surface area contributed by atoms with E-state index in [9.17, 15) is 19.7 Å². The topological polar surface area (TPSA) is 137 Å². The summed E-state index contributed by atoms with van der Waals surface area (Å²) in [6.07, 6.45) is -1.09. The zero-order valence-electron chi connectivity index (χ0n) is 17.2. The lowest BCUT2D eigenvalue weighted by Gasteiger charge is -2.14. The van der Waals surface area contributed by atoms with Crippen LogP contribution in [0.5, 0.6) is 0 Å². The highest BCUT2D eigenvalue weighted by molar-refractivity contribution is 6.33. The minimum atomic E-state index is -1.15. The Morgan fingerprint density at radius 3 is 2.66 bits per heavy atom. The highest BCUT2D eigenvalue weighted by Crippen LogP contribution is 2.27. The molecule has 0 spiro atoms. The molecule has 166 valence electrons. The Morgan fingerprint density at radius 1 is 1.25 bits per heavy atom. The van der Waals surface area contributed by atoms with E-state index < -0.39 is 22.9 Å². The highest BCUT2D eigenvalue weighted by Gasteiger charge is 2.21. The van der Waals surface area contributed by atoms with Crippen molar-refractivity contribution in [3.05, 3.63) is 69.1 Å². The van der Waals surface area contributed by atoms with E-state index in [0.717, 1.165) is 17.2 Å². The van der Waals surface area contributed by atoms with Crippen molar-refractivity contribution in [3.8, 4) is 11.4 Å². The van der Waals surface area contributed by atoms with Crippen LogP contribution in [0.1, 0.15) is 24.8 Å². The third-order valence-corrected chi connectivity index (χ3v) is 4.75. The Balaban J connectivity index is 1.52. The van der Waals surface area contributed by atoms with Crippen LogP contribution < -0.4 is 5.32 Å². The molecular weight excluding hydrogens is 440 g/mol. The van der Waals surface area contributed by atoms with Crippen LogP contribution in [-0.2, 0) is 20.7 Å². The number of aromatic nitrogens is 2. The van der Waals surface area contributed by atoms with Crippen molar-refractivity contribution in [1.29, 1.82) is 0 Å². The smallest absolute Gasteiger partial charge is 0.307 e. The largest absolute Gasteiger partial charge is 0.453 e. The van der Waals surface area contributed by atoms with Crippen LogP contribution in [-0.4, -0.2) is 33.0 Å². The molecule has 0 aliphatic rings. The highest BCUT2D eigenvalue weighted by atomic mass is 35.5. The first-order valence-corrected chi connectivity index (χ1v) is 9.94. The number of ether oxygens (including phenoxy) is 1. The first kappa shape index (κ1) is 22.9. The predicted octanol–water partition coefficient (Wildman–Crippen LogP) is 4.11. The summed E-state index contributed by atoms with van der Waals surface area (Å²) in [6.45, 7) is 3.34. The van der Waals surface area contributed by atoms with Crippen molar-refractivity contribution in [2.45, 2.75) is 32.8 Å². The summed E-state index contributed by atoms with van der Waals surface area (Å²) in [5.41, 5.74) is 1.70. The third kappa shape index (κ3) is 5.88. The maximum Gasteiger partial charge on any atom is 0.307 e. The van der Waals surface area contributed by atoms with Crippen molar-refractivity contribution in [2.24, 2.45) is 0 Å². The minimum absolute atomic E-state index is 0.0447. The van der Waals surface area contributed by atoms with Crippen LogP contribution >= 0.6 is 11.6 Å². The molecule has 0 fully saturated rings. The van der Waals surface area contributed by atoms with E-state index in [4.69, 9.17) is 20.9 Å². The Morgan fingerprint density at radius 2 is 1.97 bits per heavy atom. The number of halogens is 1. The van der Waals surface area contributed by atoms with Crippen LogP contribution in [0, 0.1) is 17.0 Å². The van der Waals surface area contributed by atoms with E-state index >= 15 is 0 Å². The maximum absolute atomic E-state index is 12.3. The number of non-ortho nitro benzene ring substituents is 1. The Bertz CT molecular complexity index is 1150. The van der Waals surface area contributed by atoms with Crippen molar-refractivity contribution in [3.63, 3.8) is 0 Å². The van der Waals surface area contributed by atoms with Gasteiger partial charge in [-0.15, -0.1) is 0 Å². The summed E-state index contributed by atoms with van der Waals surface area (Å²) >= 11 is 5.96. The van der Waals surface area contributed by atoms with E-state index in [1.54, 1.807) is 0 Å². The van der Waals surface area contributed by atoms with Crippen molar-refractivity contribution < 1.29 is 23.8 Å². The molecule has 1 amide bonds. The van der Waals surface area contributed by atoms with E-state index in [-0.39, 0.29) is 35.1 Å².